The van der Waals surface area contributed by atoms with Crippen LogP contribution < -0.4 is 15.2 Å². The summed E-state index contributed by atoms with van der Waals surface area (Å²) in [5.74, 6) is 3.12. The maximum absolute atomic E-state index is 6.03. The van der Waals surface area contributed by atoms with Crippen LogP contribution in [0.3, 0.4) is 0 Å². The van der Waals surface area contributed by atoms with Gasteiger partial charge in [0.05, 0.1) is 19.8 Å². The standard InChI is InChI=1S/C16H20N2O3/c1-19-12-8-7-11(9-13(12)20-2)14-15(21-18-16(14)17)10-5-3-4-6-10/h7-10H,3-6H2,1-2H3,(H2,17,18). The van der Waals surface area contributed by atoms with Crippen LogP contribution in [-0.2, 0) is 0 Å². The molecule has 1 heterocycles. The van der Waals surface area contributed by atoms with Crippen molar-refractivity contribution in [3.63, 3.8) is 0 Å². The lowest BCUT2D eigenvalue weighted by atomic mass is 9.96. The highest BCUT2D eigenvalue weighted by Gasteiger charge is 2.27. The second-order valence-electron chi connectivity index (χ2n) is 5.36. The van der Waals surface area contributed by atoms with E-state index in [2.05, 4.69) is 5.16 Å². The number of methoxy groups -OCH3 is 2. The lowest BCUT2D eigenvalue weighted by Crippen LogP contribution is -1.96. The molecule has 2 aromatic rings. The zero-order valence-corrected chi connectivity index (χ0v) is 12.4. The summed E-state index contributed by atoms with van der Waals surface area (Å²) in [5, 5.41) is 3.97. The van der Waals surface area contributed by atoms with Crippen molar-refractivity contribution >= 4 is 5.82 Å². The topological polar surface area (TPSA) is 70.5 Å². The Labute approximate surface area is 124 Å². The van der Waals surface area contributed by atoms with Crippen molar-refractivity contribution in [3.8, 4) is 22.6 Å². The molecule has 0 saturated heterocycles. The predicted octanol–water partition coefficient (Wildman–Crippen LogP) is 3.60. The number of hydrogen-bond donors (Lipinski definition) is 1. The van der Waals surface area contributed by atoms with Gasteiger partial charge in [0.1, 0.15) is 5.76 Å². The Morgan fingerprint density at radius 3 is 2.52 bits per heavy atom. The second kappa shape index (κ2) is 5.68. The molecule has 21 heavy (non-hydrogen) atoms. The number of rotatable bonds is 4. The third-order valence-electron chi connectivity index (χ3n) is 4.14. The Morgan fingerprint density at radius 2 is 1.86 bits per heavy atom. The van der Waals surface area contributed by atoms with E-state index in [0.29, 0.717) is 23.2 Å². The van der Waals surface area contributed by atoms with E-state index in [1.54, 1.807) is 14.2 Å². The highest BCUT2D eigenvalue weighted by atomic mass is 16.5. The number of hydrogen-bond acceptors (Lipinski definition) is 5. The normalized spacial score (nSPS) is 15.3. The first-order valence-corrected chi connectivity index (χ1v) is 7.22. The highest BCUT2D eigenvalue weighted by molar-refractivity contribution is 5.77. The number of nitrogens with two attached hydrogens (primary N) is 1. The van der Waals surface area contributed by atoms with Crippen molar-refractivity contribution in [2.75, 3.05) is 20.0 Å². The third-order valence-corrected chi connectivity index (χ3v) is 4.14. The molecule has 5 nitrogen and oxygen atoms in total. The highest BCUT2D eigenvalue weighted by Crippen LogP contribution is 2.43. The zero-order chi connectivity index (χ0) is 14.8. The monoisotopic (exact) mass is 288 g/mol. The number of anilines is 1. The van der Waals surface area contributed by atoms with Crippen LogP contribution in [-0.4, -0.2) is 19.4 Å². The smallest absolute Gasteiger partial charge is 0.175 e. The molecule has 1 aromatic carbocycles. The molecule has 0 unspecified atom stereocenters. The molecule has 3 rings (SSSR count). The molecule has 0 aliphatic heterocycles. The van der Waals surface area contributed by atoms with Crippen LogP contribution in [0.25, 0.3) is 11.1 Å². The van der Waals surface area contributed by atoms with Gasteiger partial charge in [-0.3, -0.25) is 0 Å². The summed E-state index contributed by atoms with van der Waals surface area (Å²) in [7, 11) is 3.24. The fraction of sp³-hybridized carbons (Fsp3) is 0.438. The van der Waals surface area contributed by atoms with Crippen molar-refractivity contribution in [2.24, 2.45) is 0 Å². The van der Waals surface area contributed by atoms with E-state index in [1.165, 1.54) is 12.8 Å². The lowest BCUT2D eigenvalue weighted by Gasteiger charge is -2.11. The van der Waals surface area contributed by atoms with Gasteiger partial charge in [-0.2, -0.15) is 0 Å². The van der Waals surface area contributed by atoms with Crippen LogP contribution >= 0.6 is 0 Å². The molecule has 1 fully saturated rings. The quantitative estimate of drug-likeness (QED) is 0.930. The average Bonchev–Trinajstić information content (AvgIpc) is 3.15. The molecule has 1 aliphatic rings. The van der Waals surface area contributed by atoms with Gasteiger partial charge in [-0.25, -0.2) is 0 Å². The van der Waals surface area contributed by atoms with E-state index in [0.717, 1.165) is 29.7 Å². The lowest BCUT2D eigenvalue weighted by molar-refractivity contribution is 0.355. The van der Waals surface area contributed by atoms with Crippen molar-refractivity contribution in [1.82, 2.24) is 5.16 Å². The Balaban J connectivity index is 2.05. The summed E-state index contributed by atoms with van der Waals surface area (Å²) in [6, 6.07) is 5.75. The Kier molecular flexibility index (Phi) is 3.73. The maximum Gasteiger partial charge on any atom is 0.175 e. The van der Waals surface area contributed by atoms with E-state index in [1.807, 2.05) is 18.2 Å². The minimum absolute atomic E-state index is 0.415. The minimum Gasteiger partial charge on any atom is -0.493 e. The molecule has 112 valence electrons. The molecule has 1 aliphatic carbocycles. The summed E-state index contributed by atoms with van der Waals surface area (Å²) in [6.07, 6.45) is 4.73. The fourth-order valence-electron chi connectivity index (χ4n) is 3.06. The largest absolute Gasteiger partial charge is 0.493 e. The molecule has 0 radical (unpaired) electrons. The number of nitrogens with zero attached hydrogens (tertiary/aromatic N) is 1. The molecule has 1 saturated carbocycles. The van der Waals surface area contributed by atoms with Gasteiger partial charge in [-0.15, -0.1) is 0 Å². The van der Waals surface area contributed by atoms with E-state index in [-0.39, 0.29) is 0 Å². The first-order chi connectivity index (χ1) is 10.2. The minimum atomic E-state index is 0.415. The molecule has 0 atom stereocenters. The van der Waals surface area contributed by atoms with Crippen LogP contribution in [0.4, 0.5) is 5.82 Å². The van der Waals surface area contributed by atoms with Crippen molar-refractivity contribution in [2.45, 2.75) is 31.6 Å². The van der Waals surface area contributed by atoms with Crippen LogP contribution in [0.2, 0.25) is 0 Å². The Hall–Kier alpha value is -2.17. The summed E-state index contributed by atoms with van der Waals surface area (Å²) in [5.41, 5.74) is 7.87. The van der Waals surface area contributed by atoms with Crippen molar-refractivity contribution in [3.05, 3.63) is 24.0 Å². The molecule has 1 aromatic heterocycles. The number of nitrogen functional groups attached to an aromatic ring is 1. The zero-order valence-electron chi connectivity index (χ0n) is 12.4. The molecule has 0 spiro atoms. The van der Waals surface area contributed by atoms with Gasteiger partial charge in [0.15, 0.2) is 17.3 Å². The third kappa shape index (κ3) is 2.44. The van der Waals surface area contributed by atoms with Crippen molar-refractivity contribution < 1.29 is 14.0 Å². The number of aromatic nitrogens is 1. The predicted molar refractivity (Wildman–Crippen MR) is 80.7 cm³/mol. The summed E-state index contributed by atoms with van der Waals surface area (Å²) < 4.78 is 16.2. The van der Waals surface area contributed by atoms with Gasteiger partial charge in [0.2, 0.25) is 0 Å². The molecular weight excluding hydrogens is 268 g/mol. The summed E-state index contributed by atoms with van der Waals surface area (Å²) >= 11 is 0. The maximum atomic E-state index is 6.03. The van der Waals surface area contributed by atoms with Crippen LogP contribution in [0.5, 0.6) is 11.5 Å². The molecule has 0 amide bonds. The fourth-order valence-corrected chi connectivity index (χ4v) is 3.06. The van der Waals surface area contributed by atoms with Crippen LogP contribution in [0.15, 0.2) is 22.7 Å². The van der Waals surface area contributed by atoms with Gasteiger partial charge >= 0.3 is 0 Å². The van der Waals surface area contributed by atoms with E-state index in [4.69, 9.17) is 19.7 Å². The first-order valence-electron chi connectivity index (χ1n) is 7.22. The van der Waals surface area contributed by atoms with Crippen LogP contribution in [0, 0.1) is 0 Å². The van der Waals surface area contributed by atoms with Gasteiger partial charge < -0.3 is 19.7 Å². The van der Waals surface area contributed by atoms with Gasteiger partial charge in [-0.05, 0) is 30.5 Å². The SMILES string of the molecule is COc1ccc(-c2c(N)noc2C2CCCC2)cc1OC. The Bertz CT molecular complexity index is 630. The van der Waals surface area contributed by atoms with E-state index >= 15 is 0 Å². The molecule has 0 bridgehead atoms. The van der Waals surface area contributed by atoms with Gasteiger partial charge in [-0.1, -0.05) is 24.1 Å². The van der Waals surface area contributed by atoms with Crippen molar-refractivity contribution in [1.29, 1.82) is 0 Å². The average molecular weight is 288 g/mol. The first kappa shape index (κ1) is 13.8. The number of benzene rings is 1. The van der Waals surface area contributed by atoms with Crippen LogP contribution in [0.1, 0.15) is 37.4 Å². The molecule has 5 heteroatoms. The summed E-state index contributed by atoms with van der Waals surface area (Å²) in [4.78, 5) is 0. The molecule has 2 N–H and O–H groups in total. The Morgan fingerprint density at radius 1 is 1.14 bits per heavy atom. The van der Waals surface area contributed by atoms with E-state index < -0.39 is 0 Å². The molecular formula is C16H20N2O3. The van der Waals surface area contributed by atoms with Gasteiger partial charge in [0, 0.05) is 5.92 Å². The summed E-state index contributed by atoms with van der Waals surface area (Å²) in [6.45, 7) is 0. The second-order valence-corrected chi connectivity index (χ2v) is 5.36. The van der Waals surface area contributed by atoms with E-state index in [9.17, 15) is 0 Å². The van der Waals surface area contributed by atoms with Gasteiger partial charge in [0.25, 0.3) is 0 Å². The number of ether oxygens (including phenoxy) is 2.